The van der Waals surface area contributed by atoms with E-state index in [1.807, 2.05) is 40.8 Å². The number of hydrogen-bond acceptors (Lipinski definition) is 4. The minimum atomic E-state index is -0.122. The molecule has 0 atom stereocenters. The molecule has 0 radical (unpaired) electrons. The fourth-order valence-corrected chi connectivity index (χ4v) is 5.00. The molecule has 2 aromatic heterocycles. The van der Waals surface area contributed by atoms with Crippen molar-refractivity contribution in [2.75, 3.05) is 0 Å². The van der Waals surface area contributed by atoms with Gasteiger partial charge in [-0.1, -0.05) is 48.7 Å². The van der Waals surface area contributed by atoms with Crippen LogP contribution < -0.4 is 10.9 Å². The van der Waals surface area contributed by atoms with Gasteiger partial charge in [0.15, 0.2) is 0 Å². The Labute approximate surface area is 183 Å². The fourth-order valence-electron chi connectivity index (χ4n) is 4.59. The van der Waals surface area contributed by atoms with Gasteiger partial charge in [0.2, 0.25) is 10.5 Å². The van der Waals surface area contributed by atoms with E-state index in [4.69, 9.17) is 23.8 Å². The van der Waals surface area contributed by atoms with Gasteiger partial charge in [-0.05, 0) is 54.9 Å². The third-order valence-electron chi connectivity index (χ3n) is 6.22. The van der Waals surface area contributed by atoms with E-state index in [1.54, 1.807) is 16.3 Å². The molecule has 0 bridgehead atoms. The van der Waals surface area contributed by atoms with Crippen LogP contribution in [0.25, 0.3) is 16.7 Å². The lowest BCUT2D eigenvalue weighted by atomic mass is 9.88. The smallest absolute Gasteiger partial charge is 0.262 e. The SMILES string of the molecule is Cn1c(=O)c2ccccc2n2c(=S)n(CNC3(c4ccc(Cl)cc4)CCCC3)nc12. The number of benzene rings is 2. The number of fused-ring (bicyclic) bond motifs is 3. The molecule has 4 aromatic rings. The van der Waals surface area contributed by atoms with Crippen molar-refractivity contribution in [2.24, 2.45) is 7.05 Å². The molecule has 2 aromatic carbocycles. The molecule has 1 N–H and O–H groups in total. The standard InChI is InChI=1S/C22H22ClN5OS/c1-26-19(29)17-6-2-3-7-18(17)28-20(26)25-27(21(28)30)14-24-22(12-4-5-13-22)15-8-10-16(23)11-9-15/h2-3,6-11,24H,4-5,12-14H2,1H3. The highest BCUT2D eigenvalue weighted by Gasteiger charge is 2.35. The first kappa shape index (κ1) is 19.5. The Morgan fingerprint density at radius 2 is 1.83 bits per heavy atom. The highest BCUT2D eigenvalue weighted by Crippen LogP contribution is 2.39. The molecule has 5 rings (SSSR count). The quantitative estimate of drug-likeness (QED) is 0.479. The largest absolute Gasteiger partial charge is 0.288 e. The van der Waals surface area contributed by atoms with Crippen molar-refractivity contribution in [3.05, 3.63) is 74.2 Å². The van der Waals surface area contributed by atoms with Crippen LogP contribution in [0.3, 0.4) is 0 Å². The first-order valence-corrected chi connectivity index (χ1v) is 10.9. The van der Waals surface area contributed by atoms with E-state index >= 15 is 0 Å². The summed E-state index contributed by atoms with van der Waals surface area (Å²) in [6, 6.07) is 15.6. The van der Waals surface area contributed by atoms with E-state index in [9.17, 15) is 4.79 Å². The molecule has 154 valence electrons. The summed E-state index contributed by atoms with van der Waals surface area (Å²) in [6.07, 6.45) is 4.45. The Morgan fingerprint density at radius 1 is 1.13 bits per heavy atom. The van der Waals surface area contributed by atoms with Crippen LogP contribution in [0.2, 0.25) is 5.02 Å². The highest BCUT2D eigenvalue weighted by molar-refractivity contribution is 7.71. The van der Waals surface area contributed by atoms with E-state index < -0.39 is 0 Å². The molecule has 1 aliphatic rings. The fraction of sp³-hybridized carbons (Fsp3) is 0.318. The summed E-state index contributed by atoms with van der Waals surface area (Å²) in [5.74, 6) is 0.539. The Kier molecular flexibility index (Phi) is 4.76. The summed E-state index contributed by atoms with van der Waals surface area (Å²) in [5, 5.41) is 9.77. The lowest BCUT2D eigenvalue weighted by molar-refractivity contribution is 0.298. The van der Waals surface area contributed by atoms with Crippen LogP contribution in [0, 0.1) is 4.77 Å². The summed E-state index contributed by atoms with van der Waals surface area (Å²) in [5.41, 5.74) is 1.81. The Hall–Kier alpha value is -2.48. The summed E-state index contributed by atoms with van der Waals surface area (Å²) in [7, 11) is 1.73. The summed E-state index contributed by atoms with van der Waals surface area (Å²) in [4.78, 5) is 12.7. The molecular formula is C22H22ClN5OS. The molecule has 1 aliphatic carbocycles. The van der Waals surface area contributed by atoms with Crippen molar-refractivity contribution in [2.45, 2.75) is 37.9 Å². The number of aromatic nitrogens is 4. The van der Waals surface area contributed by atoms with Crippen molar-refractivity contribution in [1.82, 2.24) is 24.1 Å². The predicted molar refractivity (Wildman–Crippen MR) is 121 cm³/mol. The number of hydrogen-bond donors (Lipinski definition) is 1. The number of rotatable bonds is 4. The van der Waals surface area contributed by atoms with Crippen molar-refractivity contribution in [3.63, 3.8) is 0 Å². The van der Waals surface area contributed by atoms with Crippen LogP contribution in [0.15, 0.2) is 53.3 Å². The summed E-state index contributed by atoms with van der Waals surface area (Å²) < 4.78 is 5.76. The number of para-hydroxylation sites is 1. The normalized spacial score (nSPS) is 15.9. The Morgan fingerprint density at radius 3 is 2.57 bits per heavy atom. The molecule has 1 fully saturated rings. The van der Waals surface area contributed by atoms with Gasteiger partial charge in [-0.25, -0.2) is 4.68 Å². The molecule has 1 saturated carbocycles. The minimum absolute atomic E-state index is 0.0772. The van der Waals surface area contributed by atoms with Crippen molar-refractivity contribution in [1.29, 1.82) is 0 Å². The third-order valence-corrected chi connectivity index (χ3v) is 6.87. The molecule has 0 unspecified atom stereocenters. The maximum atomic E-state index is 12.7. The Bertz CT molecular complexity index is 1360. The maximum Gasteiger partial charge on any atom is 0.262 e. The van der Waals surface area contributed by atoms with Gasteiger partial charge in [0.25, 0.3) is 5.56 Å². The van der Waals surface area contributed by atoms with Gasteiger partial charge in [0.1, 0.15) is 0 Å². The van der Waals surface area contributed by atoms with Gasteiger partial charge in [0, 0.05) is 17.6 Å². The lowest BCUT2D eigenvalue weighted by Crippen LogP contribution is -2.41. The third kappa shape index (κ3) is 3.00. The maximum absolute atomic E-state index is 12.7. The predicted octanol–water partition coefficient (Wildman–Crippen LogP) is 4.39. The molecule has 0 aliphatic heterocycles. The van der Waals surface area contributed by atoms with Crippen LogP contribution in [-0.2, 0) is 19.3 Å². The Balaban J connectivity index is 1.57. The van der Waals surface area contributed by atoms with Crippen LogP contribution in [0.4, 0.5) is 0 Å². The van der Waals surface area contributed by atoms with Crippen LogP contribution >= 0.6 is 23.8 Å². The topological polar surface area (TPSA) is 56.3 Å². The second-order valence-electron chi connectivity index (χ2n) is 7.93. The average Bonchev–Trinajstić information content (AvgIpc) is 3.37. The number of nitrogens with zero attached hydrogens (tertiary/aromatic N) is 4. The average molecular weight is 440 g/mol. The number of halogens is 1. The number of aryl methyl sites for hydroxylation is 1. The molecule has 6 nitrogen and oxygen atoms in total. The van der Waals surface area contributed by atoms with Crippen molar-refractivity contribution >= 4 is 40.5 Å². The minimum Gasteiger partial charge on any atom is -0.288 e. The number of nitrogens with one attached hydrogen (secondary N) is 1. The second-order valence-corrected chi connectivity index (χ2v) is 8.73. The summed E-state index contributed by atoms with van der Waals surface area (Å²) >= 11 is 11.9. The van der Waals surface area contributed by atoms with E-state index in [0.29, 0.717) is 22.6 Å². The van der Waals surface area contributed by atoms with Crippen molar-refractivity contribution in [3.8, 4) is 0 Å². The zero-order valence-electron chi connectivity index (χ0n) is 16.6. The molecule has 8 heteroatoms. The summed E-state index contributed by atoms with van der Waals surface area (Å²) in [6.45, 7) is 0.464. The van der Waals surface area contributed by atoms with Gasteiger partial charge in [-0.2, -0.15) is 0 Å². The second kappa shape index (κ2) is 7.34. The molecule has 0 spiro atoms. The first-order valence-electron chi connectivity index (χ1n) is 10.1. The monoisotopic (exact) mass is 439 g/mol. The molecule has 2 heterocycles. The highest BCUT2D eigenvalue weighted by atomic mass is 35.5. The molecule has 0 saturated heterocycles. The van der Waals surface area contributed by atoms with Gasteiger partial charge < -0.3 is 0 Å². The van der Waals surface area contributed by atoms with Crippen LogP contribution in [0.1, 0.15) is 31.2 Å². The van der Waals surface area contributed by atoms with Crippen LogP contribution in [0.5, 0.6) is 0 Å². The van der Waals surface area contributed by atoms with Gasteiger partial charge in [0.05, 0.1) is 17.6 Å². The van der Waals surface area contributed by atoms with Crippen molar-refractivity contribution < 1.29 is 0 Å². The van der Waals surface area contributed by atoms with E-state index in [0.717, 1.165) is 23.4 Å². The van der Waals surface area contributed by atoms with Crippen LogP contribution in [-0.4, -0.2) is 18.7 Å². The van der Waals surface area contributed by atoms with Gasteiger partial charge in [-0.3, -0.25) is 19.1 Å². The van der Waals surface area contributed by atoms with E-state index in [1.165, 1.54) is 18.4 Å². The van der Waals surface area contributed by atoms with E-state index in [2.05, 4.69) is 22.5 Å². The first-order chi connectivity index (χ1) is 14.5. The molecule has 30 heavy (non-hydrogen) atoms. The molecule has 0 amide bonds. The van der Waals surface area contributed by atoms with E-state index in [-0.39, 0.29) is 11.1 Å². The van der Waals surface area contributed by atoms with Gasteiger partial charge >= 0.3 is 0 Å². The zero-order chi connectivity index (χ0) is 20.9. The lowest BCUT2D eigenvalue weighted by Gasteiger charge is -2.31. The van der Waals surface area contributed by atoms with Gasteiger partial charge in [-0.15, -0.1) is 5.10 Å². The molecular weight excluding hydrogens is 418 g/mol. The zero-order valence-corrected chi connectivity index (χ0v) is 18.2.